The number of nitrogens with one attached hydrogen (secondary N) is 1. The maximum absolute atomic E-state index is 13.2. The van der Waals surface area contributed by atoms with Gasteiger partial charge in [-0.05, 0) is 19.3 Å². The van der Waals surface area contributed by atoms with Crippen LogP contribution >= 0.6 is 0 Å². The molecule has 0 aromatic heterocycles. The Labute approximate surface area is 579 Å². The van der Waals surface area contributed by atoms with E-state index in [2.05, 4.69) is 19.2 Å². The Hall–Kier alpha value is -1.07. The van der Waals surface area contributed by atoms with Gasteiger partial charge in [0.2, 0.25) is 5.91 Å². The average Bonchev–Trinajstić information content (AvgIpc) is 1.01. The smallest absolute Gasteiger partial charge is 0.220 e. The van der Waals surface area contributed by atoms with Gasteiger partial charge in [-0.25, -0.2) is 0 Å². The van der Waals surface area contributed by atoms with E-state index in [0.717, 1.165) is 38.5 Å². The number of aliphatic hydroxyl groups is 5. The van der Waals surface area contributed by atoms with Gasteiger partial charge in [-0.1, -0.05) is 450 Å². The molecule has 0 spiro atoms. The van der Waals surface area contributed by atoms with Crippen molar-refractivity contribution in [3.05, 3.63) is 12.2 Å². The van der Waals surface area contributed by atoms with Crippen molar-refractivity contribution in [3.8, 4) is 0 Å². The highest BCUT2D eigenvalue weighted by Gasteiger charge is 2.44. The summed E-state index contributed by atoms with van der Waals surface area (Å²) in [5, 5.41) is 55.0. The number of carbonyl (C=O) groups excluding carboxylic acids is 1. The Kier molecular flexibility index (Phi) is 71.2. The zero-order valence-electron chi connectivity index (χ0n) is 62.6. The van der Waals surface area contributed by atoms with Gasteiger partial charge in [0, 0.05) is 6.42 Å². The molecule has 0 bridgehead atoms. The maximum Gasteiger partial charge on any atom is 0.220 e. The van der Waals surface area contributed by atoms with E-state index in [9.17, 15) is 30.3 Å². The van der Waals surface area contributed by atoms with Crippen molar-refractivity contribution >= 4 is 5.91 Å². The Bertz CT molecular complexity index is 1480. The molecule has 6 N–H and O–H groups in total. The third-order valence-corrected chi connectivity index (χ3v) is 20.9. The number of hydrogen-bond acceptors (Lipinski definition) is 8. The van der Waals surface area contributed by atoms with Crippen molar-refractivity contribution in [2.24, 2.45) is 0 Å². The van der Waals surface area contributed by atoms with Crippen molar-refractivity contribution in [2.45, 2.75) is 506 Å². The van der Waals surface area contributed by atoms with E-state index >= 15 is 0 Å². The molecule has 9 nitrogen and oxygen atoms in total. The first kappa shape index (κ1) is 89.9. The SMILES string of the molecule is CCCCCCCCCCCCCCCCCCCCCCCCCCCCCCCCC/C=C/C(O)C(COC1OC(CO)C(O)C(O)C1O)NC(=O)CCCCCCCCCCCCCCCCCCCCCCCCCCCCCCCCCCCCCCC. The first-order valence-corrected chi connectivity index (χ1v) is 42.4. The lowest BCUT2D eigenvalue weighted by molar-refractivity contribution is -0.302. The van der Waals surface area contributed by atoms with Gasteiger partial charge in [0.25, 0.3) is 0 Å². The second kappa shape index (κ2) is 73.6. The number of rotatable bonds is 77. The zero-order valence-corrected chi connectivity index (χ0v) is 62.6. The molecule has 0 saturated carbocycles. The van der Waals surface area contributed by atoms with Crippen LogP contribution in [0, 0.1) is 0 Å². The number of unbranched alkanes of at least 4 members (excludes halogenated alkanes) is 67. The normalized spacial score (nSPS) is 17.5. The van der Waals surface area contributed by atoms with Crippen LogP contribution in [0.2, 0.25) is 0 Å². The lowest BCUT2D eigenvalue weighted by Crippen LogP contribution is -2.60. The minimum absolute atomic E-state index is 0.165. The molecule has 1 aliphatic rings. The number of ether oxygens (including phenoxy) is 2. The summed E-state index contributed by atoms with van der Waals surface area (Å²) in [5.41, 5.74) is 0. The molecular weight excluding hydrogens is 1150 g/mol. The van der Waals surface area contributed by atoms with Crippen LogP contribution in [0.4, 0.5) is 0 Å². The fraction of sp³-hybridized carbons (Fsp3) is 0.964. The highest BCUT2D eigenvalue weighted by molar-refractivity contribution is 5.76. The molecule has 0 aliphatic carbocycles. The van der Waals surface area contributed by atoms with E-state index in [1.807, 2.05) is 6.08 Å². The fourth-order valence-corrected chi connectivity index (χ4v) is 14.3. The molecule has 1 rings (SSSR count). The Morgan fingerprint density at radius 3 is 0.839 bits per heavy atom. The maximum atomic E-state index is 13.2. The minimum Gasteiger partial charge on any atom is -0.394 e. The summed E-state index contributed by atoms with van der Waals surface area (Å²) in [4.78, 5) is 13.2. The molecule has 7 atom stereocenters. The van der Waals surface area contributed by atoms with E-state index in [1.165, 1.54) is 405 Å². The Morgan fingerprint density at radius 1 is 0.355 bits per heavy atom. The summed E-state index contributed by atoms with van der Waals surface area (Å²) in [6.07, 6.45) is 91.1. The van der Waals surface area contributed by atoms with Gasteiger partial charge in [0.1, 0.15) is 24.4 Å². The second-order valence-corrected chi connectivity index (χ2v) is 30.0. The van der Waals surface area contributed by atoms with Crippen LogP contribution in [0.3, 0.4) is 0 Å². The van der Waals surface area contributed by atoms with Crippen LogP contribution in [0.25, 0.3) is 0 Å². The van der Waals surface area contributed by atoms with Crippen molar-refractivity contribution in [1.29, 1.82) is 0 Å². The number of aliphatic hydroxyl groups excluding tert-OH is 5. The van der Waals surface area contributed by atoms with Crippen molar-refractivity contribution in [2.75, 3.05) is 13.2 Å². The predicted molar refractivity (Wildman–Crippen MR) is 401 cm³/mol. The van der Waals surface area contributed by atoms with Crippen LogP contribution in [0.15, 0.2) is 12.2 Å². The molecule has 0 aromatic rings. The second-order valence-electron chi connectivity index (χ2n) is 30.0. The number of allylic oxidation sites excluding steroid dienone is 1. The van der Waals surface area contributed by atoms with Gasteiger partial charge in [-0.15, -0.1) is 0 Å². The van der Waals surface area contributed by atoms with E-state index in [1.54, 1.807) is 6.08 Å². The standard InChI is InChI=1S/C84H165NO8/c1-3-5-7-9-11-13-15-17-19-21-23-25-27-29-31-33-35-37-38-39-40-42-44-46-48-50-52-54-56-58-60-62-64-66-68-70-72-74-80(88)85-77(76-92-84-83(91)82(90)81(89)79(75-86)93-84)78(87)73-71-69-67-65-63-61-59-57-55-53-51-49-47-45-43-41-36-34-32-30-28-26-24-22-20-18-16-14-12-10-8-6-4-2/h71,73,77-79,81-84,86-87,89-91H,3-70,72,74-76H2,1-2H3,(H,85,88)/b73-71+. The average molecular weight is 1320 g/mol. The third kappa shape index (κ3) is 61.7. The first-order chi connectivity index (χ1) is 45.8. The van der Waals surface area contributed by atoms with Crippen LogP contribution in [0.5, 0.6) is 0 Å². The summed E-state index contributed by atoms with van der Waals surface area (Å²) < 4.78 is 11.4. The Morgan fingerprint density at radius 2 is 0.591 bits per heavy atom. The molecule has 1 saturated heterocycles. The molecule has 1 heterocycles. The summed E-state index contributed by atoms with van der Waals surface area (Å²) in [6.45, 7) is 3.86. The van der Waals surface area contributed by atoms with Gasteiger partial charge >= 0.3 is 0 Å². The number of amides is 1. The molecule has 7 unspecified atom stereocenters. The fourth-order valence-electron chi connectivity index (χ4n) is 14.3. The minimum atomic E-state index is -1.57. The monoisotopic (exact) mass is 1320 g/mol. The van der Waals surface area contributed by atoms with E-state index < -0.39 is 49.5 Å². The molecule has 0 aromatic carbocycles. The number of carbonyl (C=O) groups is 1. The van der Waals surface area contributed by atoms with Crippen LogP contribution in [-0.4, -0.2) is 87.5 Å². The highest BCUT2D eigenvalue weighted by Crippen LogP contribution is 2.24. The molecule has 554 valence electrons. The summed E-state index contributed by atoms with van der Waals surface area (Å²) >= 11 is 0. The van der Waals surface area contributed by atoms with Crippen molar-refractivity contribution in [3.63, 3.8) is 0 Å². The van der Waals surface area contributed by atoms with Gasteiger partial charge < -0.3 is 40.3 Å². The first-order valence-electron chi connectivity index (χ1n) is 42.4. The molecule has 1 aliphatic heterocycles. The molecule has 0 radical (unpaired) electrons. The zero-order chi connectivity index (χ0) is 67.1. The molecule has 1 amide bonds. The van der Waals surface area contributed by atoms with Crippen LogP contribution in [-0.2, 0) is 14.3 Å². The molecule has 1 fully saturated rings. The van der Waals surface area contributed by atoms with Crippen molar-refractivity contribution in [1.82, 2.24) is 5.32 Å². The van der Waals surface area contributed by atoms with Crippen LogP contribution in [0.1, 0.15) is 463 Å². The van der Waals surface area contributed by atoms with Crippen LogP contribution < -0.4 is 5.32 Å². The largest absolute Gasteiger partial charge is 0.394 e. The van der Waals surface area contributed by atoms with Gasteiger partial charge in [0.15, 0.2) is 6.29 Å². The number of hydrogen-bond donors (Lipinski definition) is 6. The van der Waals surface area contributed by atoms with E-state index in [4.69, 9.17) is 9.47 Å². The van der Waals surface area contributed by atoms with Gasteiger partial charge in [0.05, 0.1) is 25.4 Å². The lowest BCUT2D eigenvalue weighted by Gasteiger charge is -2.40. The van der Waals surface area contributed by atoms with Gasteiger partial charge in [-0.3, -0.25) is 4.79 Å². The predicted octanol–water partition coefficient (Wildman–Crippen LogP) is 24.6. The van der Waals surface area contributed by atoms with Gasteiger partial charge in [-0.2, -0.15) is 0 Å². The summed E-state index contributed by atoms with van der Waals surface area (Å²) in [7, 11) is 0. The van der Waals surface area contributed by atoms with Crippen molar-refractivity contribution < 1.29 is 39.8 Å². The van der Waals surface area contributed by atoms with E-state index in [-0.39, 0.29) is 12.5 Å². The highest BCUT2D eigenvalue weighted by atomic mass is 16.7. The summed E-state index contributed by atoms with van der Waals surface area (Å²) in [5.74, 6) is -0.165. The quantitative estimate of drug-likeness (QED) is 0.0261. The van der Waals surface area contributed by atoms with E-state index in [0.29, 0.717) is 6.42 Å². The lowest BCUT2D eigenvalue weighted by atomic mass is 9.99. The summed E-state index contributed by atoms with van der Waals surface area (Å²) in [6, 6.07) is -0.803. The third-order valence-electron chi connectivity index (χ3n) is 20.9. The molecule has 93 heavy (non-hydrogen) atoms. The molecule has 9 heteroatoms. The molecular formula is C84H165NO8. The Balaban J connectivity index is 2.03. The topological polar surface area (TPSA) is 149 Å².